The van der Waals surface area contributed by atoms with Crippen LogP contribution in [-0.2, 0) is 22.6 Å². The molecule has 6 nitrogen and oxygen atoms in total. The molecule has 2 aromatic carbocycles. The van der Waals surface area contributed by atoms with Crippen molar-refractivity contribution in [1.82, 2.24) is 10.3 Å². The van der Waals surface area contributed by atoms with E-state index in [1.54, 1.807) is 24.3 Å². The number of aliphatic hydroxyl groups excluding tert-OH is 1. The summed E-state index contributed by atoms with van der Waals surface area (Å²) in [5, 5.41) is 15.6. The minimum absolute atomic E-state index is 0.0484. The summed E-state index contributed by atoms with van der Waals surface area (Å²) in [7, 11) is -3.52. The molecule has 2 aliphatic rings. The largest absolute Gasteiger partial charge is 0.417 e. The Morgan fingerprint density at radius 3 is 2.28 bits per heavy atom. The lowest BCUT2D eigenvalue weighted by atomic mass is 9.95. The molecule has 0 radical (unpaired) electrons. The Bertz CT molecular complexity index is 1340. The molecule has 3 N–H and O–H groups in total. The Hall–Kier alpha value is -2.95. The molecule has 1 unspecified atom stereocenters. The van der Waals surface area contributed by atoms with Crippen molar-refractivity contribution in [3.63, 3.8) is 0 Å². The highest BCUT2D eigenvalue weighted by Gasteiger charge is 2.33. The summed E-state index contributed by atoms with van der Waals surface area (Å²) < 4.78 is 64.6. The number of benzene rings is 2. The van der Waals surface area contributed by atoms with Crippen LogP contribution < -0.4 is 10.6 Å². The summed E-state index contributed by atoms with van der Waals surface area (Å²) in [6.45, 7) is 0.618. The van der Waals surface area contributed by atoms with Gasteiger partial charge in [0, 0.05) is 24.3 Å². The van der Waals surface area contributed by atoms with Gasteiger partial charge in [0.1, 0.15) is 12.0 Å². The zero-order chi connectivity index (χ0) is 25.5. The second-order valence-corrected chi connectivity index (χ2v) is 11.5. The van der Waals surface area contributed by atoms with Crippen molar-refractivity contribution in [2.75, 3.05) is 5.32 Å². The van der Waals surface area contributed by atoms with Crippen molar-refractivity contribution < 1.29 is 26.7 Å². The molecule has 0 amide bonds. The fourth-order valence-electron chi connectivity index (χ4n) is 4.91. The minimum atomic E-state index is -4.43. The summed E-state index contributed by atoms with van der Waals surface area (Å²) in [6, 6.07) is 14.9. The molecule has 0 bridgehead atoms. The molecule has 2 heterocycles. The van der Waals surface area contributed by atoms with E-state index in [0.717, 1.165) is 34.5 Å². The summed E-state index contributed by atoms with van der Waals surface area (Å²) in [6.07, 6.45) is -2.26. The fourth-order valence-corrected chi connectivity index (χ4v) is 6.70. The Balaban J connectivity index is 1.21. The third-order valence-electron chi connectivity index (χ3n) is 7.00. The molecule has 1 atom stereocenters. The van der Waals surface area contributed by atoms with Crippen molar-refractivity contribution in [2.24, 2.45) is 0 Å². The molecule has 1 aromatic heterocycles. The van der Waals surface area contributed by atoms with Crippen molar-refractivity contribution in [2.45, 2.75) is 60.8 Å². The van der Waals surface area contributed by atoms with Crippen molar-refractivity contribution in [3.05, 3.63) is 77.5 Å². The van der Waals surface area contributed by atoms with Gasteiger partial charge in [0.2, 0.25) is 0 Å². The second kappa shape index (κ2) is 9.49. The number of aromatic nitrogens is 1. The first-order valence-corrected chi connectivity index (χ1v) is 13.3. The molecular formula is C26H26F3N3O3S. The fraction of sp³-hybridized carbons (Fsp3) is 0.346. The Kier molecular flexibility index (Phi) is 6.52. The topological polar surface area (TPSA) is 91.3 Å². The zero-order valence-electron chi connectivity index (χ0n) is 19.3. The van der Waals surface area contributed by atoms with Gasteiger partial charge in [-0.2, -0.15) is 13.2 Å². The summed E-state index contributed by atoms with van der Waals surface area (Å²) in [4.78, 5) is 4.12. The first-order valence-electron chi connectivity index (χ1n) is 11.8. The van der Waals surface area contributed by atoms with Crippen LogP contribution in [-0.4, -0.2) is 29.8 Å². The number of rotatable bonds is 5. The van der Waals surface area contributed by atoms with Crippen LogP contribution in [0.2, 0.25) is 0 Å². The van der Waals surface area contributed by atoms with Crippen LogP contribution in [0.25, 0.3) is 11.1 Å². The van der Waals surface area contributed by atoms with E-state index < -0.39 is 33.1 Å². The average molecular weight is 518 g/mol. The number of sulfone groups is 1. The Labute approximate surface area is 207 Å². The molecule has 0 spiro atoms. The number of aliphatic hydroxyl groups is 1. The highest BCUT2D eigenvalue weighted by atomic mass is 32.2. The highest BCUT2D eigenvalue weighted by molar-refractivity contribution is 7.92. The average Bonchev–Trinajstić information content (AvgIpc) is 3.24. The molecule has 1 aliphatic carbocycles. The van der Waals surface area contributed by atoms with Gasteiger partial charge in [-0.3, -0.25) is 5.32 Å². The van der Waals surface area contributed by atoms with Gasteiger partial charge < -0.3 is 10.4 Å². The number of nitrogens with zero attached hydrogens (tertiary/aromatic N) is 1. The van der Waals surface area contributed by atoms with E-state index in [4.69, 9.17) is 0 Å². The van der Waals surface area contributed by atoms with Crippen LogP contribution >= 0.6 is 0 Å². The standard InChI is InChI=1S/C26H26F3N3O3S/c27-26(28,29)19-5-12-24(30-15-19)32-20-6-10-22(11-7-20)36(34,35)21-8-3-16(4-9-21)17-1-2-18-14-31-25(33)23(18)13-17/h1-5,8-9,12-13,15,20,22,25,31,33H,6-7,10-11,14H2,(H,30,32). The number of nitrogens with one attached hydrogen (secondary N) is 2. The highest BCUT2D eigenvalue weighted by Crippen LogP contribution is 2.33. The molecule has 10 heteroatoms. The normalized spacial score (nSPS) is 22.3. The summed E-state index contributed by atoms with van der Waals surface area (Å²) in [5.41, 5.74) is 2.85. The molecule has 1 aliphatic heterocycles. The monoisotopic (exact) mass is 517 g/mol. The first-order chi connectivity index (χ1) is 17.1. The minimum Gasteiger partial charge on any atom is -0.374 e. The van der Waals surface area contributed by atoms with Crippen LogP contribution in [0.15, 0.2) is 65.7 Å². The van der Waals surface area contributed by atoms with E-state index in [1.165, 1.54) is 6.07 Å². The van der Waals surface area contributed by atoms with E-state index in [0.29, 0.717) is 38.0 Å². The first kappa shape index (κ1) is 24.7. The maximum Gasteiger partial charge on any atom is 0.417 e. The quantitative estimate of drug-likeness (QED) is 0.438. The van der Waals surface area contributed by atoms with Gasteiger partial charge in [-0.05, 0) is 72.7 Å². The van der Waals surface area contributed by atoms with Gasteiger partial charge in [-0.1, -0.05) is 24.3 Å². The van der Waals surface area contributed by atoms with E-state index in [1.807, 2.05) is 18.2 Å². The molecule has 5 rings (SSSR count). The van der Waals surface area contributed by atoms with Gasteiger partial charge in [0.25, 0.3) is 0 Å². The molecule has 1 saturated carbocycles. The van der Waals surface area contributed by atoms with E-state index in [-0.39, 0.29) is 10.9 Å². The number of halogens is 3. The Morgan fingerprint density at radius 1 is 0.944 bits per heavy atom. The van der Waals surface area contributed by atoms with Gasteiger partial charge in [0.15, 0.2) is 9.84 Å². The number of hydrogen-bond acceptors (Lipinski definition) is 6. The SMILES string of the molecule is O=S(=O)(c1ccc(-c2ccc3c(c2)C(O)NC3)cc1)C1CCC(Nc2ccc(C(F)(F)F)cn2)CC1. The maximum atomic E-state index is 13.2. The van der Waals surface area contributed by atoms with Crippen LogP contribution in [0.5, 0.6) is 0 Å². The van der Waals surface area contributed by atoms with Gasteiger partial charge >= 0.3 is 6.18 Å². The summed E-state index contributed by atoms with van der Waals surface area (Å²) >= 11 is 0. The Morgan fingerprint density at radius 2 is 1.64 bits per heavy atom. The van der Waals surface area contributed by atoms with Crippen molar-refractivity contribution >= 4 is 15.7 Å². The molecular weight excluding hydrogens is 491 g/mol. The van der Waals surface area contributed by atoms with Gasteiger partial charge in [0.05, 0.1) is 15.7 Å². The molecule has 3 aromatic rings. The van der Waals surface area contributed by atoms with Crippen LogP contribution in [0.1, 0.15) is 48.6 Å². The number of fused-ring (bicyclic) bond motifs is 1. The number of anilines is 1. The molecule has 0 saturated heterocycles. The predicted molar refractivity (Wildman–Crippen MR) is 130 cm³/mol. The lowest BCUT2D eigenvalue weighted by molar-refractivity contribution is -0.137. The third kappa shape index (κ3) is 4.98. The zero-order valence-corrected chi connectivity index (χ0v) is 20.1. The molecule has 190 valence electrons. The number of pyridine rings is 1. The lowest BCUT2D eigenvalue weighted by Crippen LogP contribution is -2.33. The third-order valence-corrected chi connectivity index (χ3v) is 9.28. The number of hydrogen-bond donors (Lipinski definition) is 3. The van der Waals surface area contributed by atoms with Crippen molar-refractivity contribution in [3.8, 4) is 11.1 Å². The van der Waals surface area contributed by atoms with E-state index in [9.17, 15) is 26.7 Å². The maximum absolute atomic E-state index is 13.2. The van der Waals surface area contributed by atoms with E-state index >= 15 is 0 Å². The van der Waals surface area contributed by atoms with Crippen molar-refractivity contribution in [1.29, 1.82) is 0 Å². The second-order valence-electron chi connectivity index (χ2n) is 9.31. The van der Waals surface area contributed by atoms with Crippen LogP contribution in [0.4, 0.5) is 19.0 Å². The predicted octanol–water partition coefficient (Wildman–Crippen LogP) is 5.06. The van der Waals surface area contributed by atoms with E-state index in [2.05, 4.69) is 15.6 Å². The van der Waals surface area contributed by atoms with Gasteiger partial charge in [-0.15, -0.1) is 0 Å². The van der Waals surface area contributed by atoms with Crippen LogP contribution in [0.3, 0.4) is 0 Å². The van der Waals surface area contributed by atoms with Crippen LogP contribution in [0, 0.1) is 0 Å². The lowest BCUT2D eigenvalue weighted by Gasteiger charge is -2.29. The molecule has 36 heavy (non-hydrogen) atoms. The molecule has 1 fully saturated rings. The summed E-state index contributed by atoms with van der Waals surface area (Å²) in [5.74, 6) is 0.347. The number of alkyl halides is 3. The smallest absolute Gasteiger partial charge is 0.374 e. The van der Waals surface area contributed by atoms with Gasteiger partial charge in [-0.25, -0.2) is 13.4 Å².